The maximum absolute atomic E-state index is 12.9. The van der Waals surface area contributed by atoms with E-state index < -0.39 is 6.10 Å². The van der Waals surface area contributed by atoms with Gasteiger partial charge in [-0.15, -0.1) is 0 Å². The van der Waals surface area contributed by atoms with Gasteiger partial charge in [-0.25, -0.2) is 0 Å². The zero-order valence-electron chi connectivity index (χ0n) is 47.1. The van der Waals surface area contributed by atoms with Gasteiger partial charge >= 0.3 is 17.9 Å². The van der Waals surface area contributed by atoms with Crippen molar-refractivity contribution in [2.24, 2.45) is 0 Å². The molecule has 0 aliphatic heterocycles. The molecule has 0 unspecified atom stereocenters. The summed E-state index contributed by atoms with van der Waals surface area (Å²) < 4.78 is 16.9. The number of allylic oxidation sites excluding steroid dienone is 6. The van der Waals surface area contributed by atoms with Gasteiger partial charge in [0.2, 0.25) is 0 Å². The lowest BCUT2D eigenvalue weighted by atomic mass is 10.0. The molecule has 0 aliphatic carbocycles. The number of esters is 3. The van der Waals surface area contributed by atoms with Crippen LogP contribution in [0.4, 0.5) is 0 Å². The first-order chi connectivity index (χ1) is 34.5. The number of ether oxygens (including phenoxy) is 3. The van der Waals surface area contributed by atoms with Crippen LogP contribution in [0.1, 0.15) is 335 Å². The normalized spacial score (nSPS) is 12.2. The fraction of sp³-hybridized carbons (Fsp3) is 0.859. The average molecular weight is 984 g/mol. The molecule has 0 radical (unpaired) electrons. The van der Waals surface area contributed by atoms with E-state index in [1.165, 1.54) is 231 Å². The third-order valence-electron chi connectivity index (χ3n) is 13.9. The van der Waals surface area contributed by atoms with Crippen molar-refractivity contribution in [3.8, 4) is 0 Å². The Labute approximate surface area is 435 Å². The van der Waals surface area contributed by atoms with E-state index in [-0.39, 0.29) is 31.1 Å². The zero-order valence-corrected chi connectivity index (χ0v) is 47.1. The maximum atomic E-state index is 12.9. The summed E-state index contributed by atoms with van der Waals surface area (Å²) in [4.78, 5) is 38.2. The molecule has 0 aromatic heterocycles. The maximum Gasteiger partial charge on any atom is 0.306 e. The highest BCUT2D eigenvalue weighted by Gasteiger charge is 2.19. The summed E-state index contributed by atoms with van der Waals surface area (Å²) in [5.74, 6) is -0.854. The SMILES string of the molecule is CCCCC/C=C\C/C=C\CCCCCCCCCCCC(=O)OC[C@H](COC(=O)CCCCCCCCCCCCCC)OC(=O)CCCCCCCCCCCCC/C=C\CCCCCCCC. The highest BCUT2D eigenvalue weighted by Crippen LogP contribution is 2.17. The Morgan fingerprint density at radius 3 is 0.829 bits per heavy atom. The van der Waals surface area contributed by atoms with Crippen molar-refractivity contribution in [3.63, 3.8) is 0 Å². The monoisotopic (exact) mass is 983 g/mol. The van der Waals surface area contributed by atoms with Crippen LogP contribution in [0, 0.1) is 0 Å². The van der Waals surface area contributed by atoms with Crippen molar-refractivity contribution in [1.82, 2.24) is 0 Å². The van der Waals surface area contributed by atoms with Crippen molar-refractivity contribution in [1.29, 1.82) is 0 Å². The van der Waals surface area contributed by atoms with Crippen LogP contribution >= 0.6 is 0 Å². The second-order valence-electron chi connectivity index (χ2n) is 21.0. The largest absolute Gasteiger partial charge is 0.462 e. The topological polar surface area (TPSA) is 78.9 Å². The van der Waals surface area contributed by atoms with E-state index in [1.54, 1.807) is 0 Å². The smallest absolute Gasteiger partial charge is 0.306 e. The van der Waals surface area contributed by atoms with Crippen molar-refractivity contribution in [2.75, 3.05) is 13.2 Å². The molecule has 0 aliphatic rings. The van der Waals surface area contributed by atoms with Gasteiger partial charge in [0.05, 0.1) is 0 Å². The Morgan fingerprint density at radius 2 is 0.514 bits per heavy atom. The van der Waals surface area contributed by atoms with E-state index in [0.717, 1.165) is 64.2 Å². The number of hydrogen-bond acceptors (Lipinski definition) is 6. The van der Waals surface area contributed by atoms with Gasteiger partial charge in [0.1, 0.15) is 13.2 Å². The third-order valence-corrected chi connectivity index (χ3v) is 13.9. The number of rotatable bonds is 57. The zero-order chi connectivity index (χ0) is 50.7. The molecule has 70 heavy (non-hydrogen) atoms. The summed E-state index contributed by atoms with van der Waals surface area (Å²) in [6, 6.07) is 0. The lowest BCUT2D eigenvalue weighted by Crippen LogP contribution is -2.30. The van der Waals surface area contributed by atoms with Gasteiger partial charge in [-0.2, -0.15) is 0 Å². The highest BCUT2D eigenvalue weighted by molar-refractivity contribution is 5.71. The van der Waals surface area contributed by atoms with Crippen LogP contribution in [-0.2, 0) is 28.6 Å². The van der Waals surface area contributed by atoms with E-state index in [2.05, 4.69) is 57.2 Å². The van der Waals surface area contributed by atoms with Crippen LogP contribution in [0.2, 0.25) is 0 Å². The summed E-state index contributed by atoms with van der Waals surface area (Å²) in [6.07, 6.45) is 71.4. The van der Waals surface area contributed by atoms with Gasteiger partial charge in [0, 0.05) is 19.3 Å². The molecule has 0 spiro atoms. The first-order valence-electron chi connectivity index (χ1n) is 31.0. The molecule has 0 bridgehead atoms. The predicted octanol–water partition coefficient (Wildman–Crippen LogP) is 20.8. The number of carbonyl (C=O) groups is 3. The molecule has 0 amide bonds. The van der Waals surface area contributed by atoms with Gasteiger partial charge in [-0.05, 0) is 77.0 Å². The van der Waals surface area contributed by atoms with Crippen LogP contribution in [-0.4, -0.2) is 37.2 Å². The number of hydrogen-bond donors (Lipinski definition) is 0. The molecular formula is C64H118O6. The average Bonchev–Trinajstić information content (AvgIpc) is 3.36. The molecule has 410 valence electrons. The molecule has 6 heteroatoms. The minimum atomic E-state index is -0.771. The Bertz CT molecular complexity index is 1170. The standard InChI is InChI=1S/C64H118O6/c1-4-7-10-13-16-19-22-25-27-29-31-32-34-36-38-40-43-46-49-52-55-58-64(67)70-61(59-68-62(65)56-53-50-47-44-41-24-21-18-15-12-9-6-3)60-69-63(66)57-54-51-48-45-42-39-37-35-33-30-28-26-23-20-17-14-11-8-5-2/h17,20,25-28,61H,4-16,18-19,21-24,29-60H2,1-3H3/b20-17-,27-25-,28-26-/t61-/m0/s1. The van der Waals surface area contributed by atoms with Crippen molar-refractivity contribution < 1.29 is 28.6 Å². The quantitative estimate of drug-likeness (QED) is 0.0261. The van der Waals surface area contributed by atoms with E-state index in [9.17, 15) is 14.4 Å². The molecule has 0 rings (SSSR count). The van der Waals surface area contributed by atoms with Gasteiger partial charge in [0.15, 0.2) is 6.10 Å². The van der Waals surface area contributed by atoms with E-state index in [1.807, 2.05) is 0 Å². The number of unbranched alkanes of at least 4 members (excludes halogenated alkanes) is 40. The van der Waals surface area contributed by atoms with E-state index in [4.69, 9.17) is 14.2 Å². The molecule has 0 aromatic carbocycles. The molecule has 0 N–H and O–H groups in total. The molecular weight excluding hydrogens is 865 g/mol. The third kappa shape index (κ3) is 56.5. The molecule has 6 nitrogen and oxygen atoms in total. The Morgan fingerprint density at radius 1 is 0.286 bits per heavy atom. The summed E-state index contributed by atoms with van der Waals surface area (Å²) in [7, 11) is 0. The second kappa shape index (κ2) is 59.2. The lowest BCUT2D eigenvalue weighted by Gasteiger charge is -2.18. The Balaban J connectivity index is 4.29. The van der Waals surface area contributed by atoms with Crippen molar-refractivity contribution >= 4 is 17.9 Å². The van der Waals surface area contributed by atoms with Crippen molar-refractivity contribution in [2.45, 2.75) is 341 Å². The van der Waals surface area contributed by atoms with Crippen LogP contribution in [0.15, 0.2) is 36.5 Å². The van der Waals surface area contributed by atoms with E-state index >= 15 is 0 Å². The predicted molar refractivity (Wildman–Crippen MR) is 302 cm³/mol. The first-order valence-corrected chi connectivity index (χ1v) is 31.0. The van der Waals surface area contributed by atoms with Crippen LogP contribution in [0.5, 0.6) is 0 Å². The molecule has 0 aromatic rings. The van der Waals surface area contributed by atoms with Crippen molar-refractivity contribution in [3.05, 3.63) is 36.5 Å². The fourth-order valence-electron chi connectivity index (χ4n) is 9.18. The minimum Gasteiger partial charge on any atom is -0.462 e. The molecule has 0 fully saturated rings. The highest BCUT2D eigenvalue weighted by atomic mass is 16.6. The van der Waals surface area contributed by atoms with Gasteiger partial charge in [-0.1, -0.05) is 276 Å². The summed E-state index contributed by atoms with van der Waals surface area (Å²) in [5.41, 5.74) is 0. The minimum absolute atomic E-state index is 0.0694. The summed E-state index contributed by atoms with van der Waals surface area (Å²) in [6.45, 7) is 6.65. The van der Waals surface area contributed by atoms with Gasteiger partial charge in [-0.3, -0.25) is 14.4 Å². The Hall–Kier alpha value is -2.37. The van der Waals surface area contributed by atoms with Gasteiger partial charge in [0.25, 0.3) is 0 Å². The fourth-order valence-corrected chi connectivity index (χ4v) is 9.18. The summed E-state index contributed by atoms with van der Waals surface area (Å²) >= 11 is 0. The van der Waals surface area contributed by atoms with Crippen LogP contribution in [0.3, 0.4) is 0 Å². The van der Waals surface area contributed by atoms with Gasteiger partial charge < -0.3 is 14.2 Å². The second-order valence-corrected chi connectivity index (χ2v) is 21.0. The molecule has 0 heterocycles. The van der Waals surface area contributed by atoms with E-state index in [0.29, 0.717) is 19.3 Å². The molecule has 0 saturated heterocycles. The van der Waals surface area contributed by atoms with Crippen LogP contribution < -0.4 is 0 Å². The number of carbonyl (C=O) groups excluding carboxylic acids is 3. The molecule has 1 atom stereocenters. The Kier molecular flexibility index (Phi) is 57.2. The first kappa shape index (κ1) is 67.6. The lowest BCUT2D eigenvalue weighted by molar-refractivity contribution is -0.167. The summed E-state index contributed by atoms with van der Waals surface area (Å²) in [5, 5.41) is 0. The van der Waals surface area contributed by atoms with Crippen LogP contribution in [0.25, 0.3) is 0 Å². The molecule has 0 saturated carbocycles.